The Kier molecular flexibility index (Phi) is 10.1. The number of benzene rings is 3. The summed E-state index contributed by atoms with van der Waals surface area (Å²) in [6, 6.07) is 28.1. The number of carbonyl (C=O) groups is 1. The molecule has 0 saturated carbocycles. The monoisotopic (exact) mass is 498 g/mol. The lowest BCUT2D eigenvalue weighted by Gasteiger charge is -2.34. The summed E-state index contributed by atoms with van der Waals surface area (Å²) in [5, 5.41) is 0. The molecule has 0 fully saturated rings. The van der Waals surface area contributed by atoms with Gasteiger partial charge in [0.2, 0.25) is 0 Å². The molecule has 0 aliphatic carbocycles. The molecule has 0 radical (unpaired) electrons. The molecule has 0 spiro atoms. The zero-order valence-corrected chi connectivity index (χ0v) is 20.4. The van der Waals surface area contributed by atoms with Crippen LogP contribution in [0.3, 0.4) is 0 Å². The third-order valence-corrected chi connectivity index (χ3v) is 5.70. The van der Waals surface area contributed by atoms with Gasteiger partial charge in [0.15, 0.2) is 6.29 Å². The Morgan fingerprint density at radius 1 is 0.771 bits per heavy atom. The highest BCUT2D eigenvalue weighted by Gasteiger charge is 2.45. The van der Waals surface area contributed by atoms with Gasteiger partial charge in [0.1, 0.15) is 6.10 Å². The molecule has 3 rings (SSSR count). The highest BCUT2D eigenvalue weighted by Crippen LogP contribution is 2.27. The number of hydrogen-bond acceptors (Lipinski definition) is 7. The largest absolute Gasteiger partial charge is 0.377 e. The van der Waals surface area contributed by atoms with Gasteiger partial charge < -0.3 is 14.2 Å². The van der Waals surface area contributed by atoms with Crippen LogP contribution in [0.4, 0.5) is 0 Å². The van der Waals surface area contributed by atoms with Crippen molar-refractivity contribution < 1.29 is 31.6 Å². The average molecular weight is 499 g/mol. The Bertz CT molecular complexity index is 1120. The SMILES string of the molecule is CS(=O)(=O)OC(C=O)(OCc1ccccc1)C(CCOCc1ccccc1)OCc1ccccc1. The van der Waals surface area contributed by atoms with Crippen LogP contribution in [0.15, 0.2) is 91.0 Å². The van der Waals surface area contributed by atoms with E-state index in [0.29, 0.717) is 12.9 Å². The molecule has 8 heteroatoms. The number of hydrogen-bond donors (Lipinski definition) is 0. The summed E-state index contributed by atoms with van der Waals surface area (Å²) in [6.45, 7) is 0.622. The molecule has 0 amide bonds. The maximum atomic E-state index is 12.4. The first-order valence-electron chi connectivity index (χ1n) is 11.2. The molecule has 35 heavy (non-hydrogen) atoms. The quantitative estimate of drug-likeness (QED) is 0.134. The van der Waals surface area contributed by atoms with Crippen molar-refractivity contribution in [2.45, 2.75) is 38.1 Å². The number of ether oxygens (including phenoxy) is 3. The fourth-order valence-electron chi connectivity index (χ4n) is 3.43. The lowest BCUT2D eigenvalue weighted by atomic mass is 10.1. The van der Waals surface area contributed by atoms with Crippen LogP contribution in [0, 0.1) is 0 Å². The van der Waals surface area contributed by atoms with Gasteiger partial charge in [0, 0.05) is 13.0 Å². The average Bonchev–Trinajstić information content (AvgIpc) is 2.87. The van der Waals surface area contributed by atoms with Crippen LogP contribution in [-0.2, 0) is 53.1 Å². The predicted octanol–water partition coefficient (Wildman–Crippen LogP) is 4.27. The van der Waals surface area contributed by atoms with Crippen LogP contribution in [-0.4, -0.2) is 39.5 Å². The topological polar surface area (TPSA) is 88.1 Å². The van der Waals surface area contributed by atoms with Crippen molar-refractivity contribution in [2.24, 2.45) is 0 Å². The molecule has 3 aromatic carbocycles. The lowest BCUT2D eigenvalue weighted by Crippen LogP contribution is -2.51. The highest BCUT2D eigenvalue weighted by atomic mass is 32.2. The van der Waals surface area contributed by atoms with E-state index in [0.717, 1.165) is 22.9 Å². The van der Waals surface area contributed by atoms with Crippen molar-refractivity contribution in [1.82, 2.24) is 0 Å². The van der Waals surface area contributed by atoms with Crippen LogP contribution in [0.2, 0.25) is 0 Å². The Morgan fingerprint density at radius 3 is 1.74 bits per heavy atom. The summed E-state index contributed by atoms with van der Waals surface area (Å²) in [5.41, 5.74) is 2.59. The first kappa shape index (κ1) is 26.7. The molecule has 0 saturated heterocycles. The second-order valence-electron chi connectivity index (χ2n) is 8.01. The van der Waals surface area contributed by atoms with Gasteiger partial charge in [-0.2, -0.15) is 8.42 Å². The molecule has 186 valence electrons. The fourth-order valence-corrected chi connectivity index (χ4v) is 4.10. The molecule has 0 heterocycles. The second kappa shape index (κ2) is 13.3. The van der Waals surface area contributed by atoms with E-state index >= 15 is 0 Å². The van der Waals surface area contributed by atoms with E-state index in [1.165, 1.54) is 0 Å². The van der Waals surface area contributed by atoms with Crippen LogP contribution >= 0.6 is 0 Å². The summed E-state index contributed by atoms with van der Waals surface area (Å²) < 4.78 is 47.3. The van der Waals surface area contributed by atoms with Gasteiger partial charge in [-0.1, -0.05) is 91.0 Å². The van der Waals surface area contributed by atoms with Gasteiger partial charge in [-0.05, 0) is 16.7 Å². The molecular formula is C27H30O7S. The van der Waals surface area contributed by atoms with E-state index < -0.39 is 22.0 Å². The smallest absolute Gasteiger partial charge is 0.269 e. The first-order chi connectivity index (χ1) is 16.9. The Hall–Kier alpha value is -2.88. The number of aldehydes is 1. The van der Waals surface area contributed by atoms with E-state index in [-0.39, 0.29) is 26.2 Å². The van der Waals surface area contributed by atoms with Crippen LogP contribution in [0.5, 0.6) is 0 Å². The molecule has 2 unspecified atom stereocenters. The van der Waals surface area contributed by atoms with Crippen LogP contribution < -0.4 is 0 Å². The van der Waals surface area contributed by atoms with E-state index in [9.17, 15) is 13.2 Å². The molecule has 2 atom stereocenters. The summed E-state index contributed by atoms with van der Waals surface area (Å²) in [5.74, 6) is -2.19. The number of rotatable bonds is 15. The van der Waals surface area contributed by atoms with E-state index in [2.05, 4.69) is 0 Å². The zero-order chi connectivity index (χ0) is 25.0. The summed E-state index contributed by atoms with van der Waals surface area (Å²) in [6.07, 6.45) is 0.318. The minimum atomic E-state index is -4.08. The Morgan fingerprint density at radius 2 is 1.26 bits per heavy atom. The number of carbonyl (C=O) groups excluding carboxylic acids is 1. The third kappa shape index (κ3) is 9.01. The van der Waals surface area contributed by atoms with Gasteiger partial charge in [-0.3, -0.25) is 4.79 Å². The van der Waals surface area contributed by atoms with Crippen LogP contribution in [0.1, 0.15) is 23.1 Å². The minimum Gasteiger partial charge on any atom is -0.377 e. The predicted molar refractivity (Wildman–Crippen MR) is 132 cm³/mol. The molecule has 0 N–H and O–H groups in total. The van der Waals surface area contributed by atoms with Crippen molar-refractivity contribution >= 4 is 16.4 Å². The second-order valence-corrected chi connectivity index (χ2v) is 9.59. The van der Waals surface area contributed by atoms with Gasteiger partial charge in [-0.25, -0.2) is 4.18 Å². The van der Waals surface area contributed by atoms with Gasteiger partial charge in [0.25, 0.3) is 15.9 Å². The summed E-state index contributed by atoms with van der Waals surface area (Å²) in [7, 11) is -4.08. The third-order valence-electron chi connectivity index (χ3n) is 5.13. The molecule has 3 aromatic rings. The van der Waals surface area contributed by atoms with Crippen molar-refractivity contribution in [3.05, 3.63) is 108 Å². The van der Waals surface area contributed by atoms with Crippen molar-refractivity contribution in [3.63, 3.8) is 0 Å². The normalized spacial score (nSPS) is 14.2. The molecule has 0 aromatic heterocycles. The van der Waals surface area contributed by atoms with E-state index in [1.54, 1.807) is 12.1 Å². The Labute approximate surface area is 206 Å². The van der Waals surface area contributed by atoms with Gasteiger partial charge in [0.05, 0.1) is 26.1 Å². The molecule has 7 nitrogen and oxygen atoms in total. The van der Waals surface area contributed by atoms with E-state index in [1.807, 2.05) is 78.9 Å². The fraction of sp³-hybridized carbons (Fsp3) is 0.296. The Balaban J connectivity index is 1.79. The molecule has 0 aliphatic heterocycles. The summed E-state index contributed by atoms with van der Waals surface area (Å²) >= 11 is 0. The van der Waals surface area contributed by atoms with Gasteiger partial charge in [-0.15, -0.1) is 0 Å². The maximum absolute atomic E-state index is 12.4. The lowest BCUT2D eigenvalue weighted by molar-refractivity contribution is -0.239. The first-order valence-corrected chi connectivity index (χ1v) is 13.0. The summed E-state index contributed by atoms with van der Waals surface area (Å²) in [4.78, 5) is 12.4. The van der Waals surface area contributed by atoms with Crippen molar-refractivity contribution in [3.8, 4) is 0 Å². The zero-order valence-electron chi connectivity index (χ0n) is 19.6. The molecule has 0 aliphatic rings. The molecular weight excluding hydrogens is 468 g/mol. The van der Waals surface area contributed by atoms with Crippen molar-refractivity contribution in [2.75, 3.05) is 12.9 Å². The highest BCUT2D eigenvalue weighted by molar-refractivity contribution is 7.86. The van der Waals surface area contributed by atoms with Gasteiger partial charge >= 0.3 is 0 Å². The molecule has 0 bridgehead atoms. The van der Waals surface area contributed by atoms with Crippen LogP contribution in [0.25, 0.3) is 0 Å². The minimum absolute atomic E-state index is 0.0504. The maximum Gasteiger partial charge on any atom is 0.269 e. The standard InChI is InChI=1S/C27H30O7S/c1-35(29,30)34-27(22-28,33-21-25-15-9-4-10-16-25)26(32-20-24-13-7-3-8-14-24)17-18-31-19-23-11-5-2-6-12-23/h2-16,22,26H,17-21H2,1H3. The van der Waals surface area contributed by atoms with E-state index in [4.69, 9.17) is 18.4 Å². The van der Waals surface area contributed by atoms with Crippen molar-refractivity contribution in [1.29, 1.82) is 0 Å².